The standard InChI is InChI=1S/C18H35NO12P2/c1-11(2)6-5-7-12(3)8-9-28-32(24,25)31-33(26,27)30-18-15(19-13(4)21)17(23)16(22)14(10-20)29-18/h6,12,14-18,20,22-23H,5,7-10H2,1-4H3,(H,19,21)(H,24,25)(H,26,27)/t12-,14-,15-,16-,17-,18-/m1/s1. The van der Waals surface area contributed by atoms with Gasteiger partial charge in [-0.1, -0.05) is 18.6 Å². The van der Waals surface area contributed by atoms with Crippen molar-refractivity contribution in [1.82, 2.24) is 5.32 Å². The molecule has 1 rings (SSSR count). The highest BCUT2D eigenvalue weighted by atomic mass is 31.3. The number of carbonyl (C=O) groups is 1. The molecule has 194 valence electrons. The van der Waals surface area contributed by atoms with Crippen LogP contribution >= 0.6 is 15.6 Å². The molecule has 1 amide bonds. The Labute approximate surface area is 192 Å². The van der Waals surface area contributed by atoms with Crippen LogP contribution in [0.25, 0.3) is 0 Å². The van der Waals surface area contributed by atoms with Crippen molar-refractivity contribution in [1.29, 1.82) is 0 Å². The van der Waals surface area contributed by atoms with E-state index >= 15 is 0 Å². The first kappa shape index (κ1) is 30.3. The summed E-state index contributed by atoms with van der Waals surface area (Å²) in [5.74, 6) is -0.551. The van der Waals surface area contributed by atoms with E-state index in [9.17, 15) is 39.0 Å². The first-order valence-electron chi connectivity index (χ1n) is 10.4. The number of allylic oxidation sites excluding steroid dienone is 2. The summed E-state index contributed by atoms with van der Waals surface area (Å²) in [5.41, 5.74) is 1.18. The van der Waals surface area contributed by atoms with Crippen molar-refractivity contribution in [2.45, 2.75) is 77.6 Å². The largest absolute Gasteiger partial charge is 0.483 e. The summed E-state index contributed by atoms with van der Waals surface area (Å²) >= 11 is 0. The van der Waals surface area contributed by atoms with Crippen LogP contribution in [-0.4, -0.2) is 74.9 Å². The number of aliphatic hydroxyl groups excluding tert-OH is 3. The van der Waals surface area contributed by atoms with E-state index in [1.807, 2.05) is 20.8 Å². The van der Waals surface area contributed by atoms with Crippen molar-refractivity contribution in [3.8, 4) is 0 Å². The number of phosphoric acid groups is 2. The van der Waals surface area contributed by atoms with E-state index in [-0.39, 0.29) is 12.5 Å². The first-order valence-corrected chi connectivity index (χ1v) is 13.4. The monoisotopic (exact) mass is 519 g/mol. The molecule has 15 heteroatoms. The highest BCUT2D eigenvalue weighted by Crippen LogP contribution is 2.61. The number of ether oxygens (including phenoxy) is 1. The lowest BCUT2D eigenvalue weighted by Gasteiger charge is -2.42. The molecule has 1 saturated heterocycles. The number of nitrogens with one attached hydrogen (secondary N) is 1. The number of phosphoric ester groups is 2. The zero-order valence-corrected chi connectivity index (χ0v) is 20.9. The Balaban J connectivity index is 2.71. The number of hydrogen-bond donors (Lipinski definition) is 6. The fraction of sp³-hybridized carbons (Fsp3) is 0.833. The lowest BCUT2D eigenvalue weighted by molar-refractivity contribution is -0.247. The molecule has 13 nitrogen and oxygen atoms in total. The van der Waals surface area contributed by atoms with Crippen molar-refractivity contribution in [3.05, 3.63) is 11.6 Å². The quantitative estimate of drug-likeness (QED) is 0.149. The molecule has 1 heterocycles. The highest BCUT2D eigenvalue weighted by Gasteiger charge is 2.49. The summed E-state index contributed by atoms with van der Waals surface area (Å²) in [6.07, 6.45) is -2.64. The zero-order valence-electron chi connectivity index (χ0n) is 19.1. The van der Waals surface area contributed by atoms with Crippen LogP contribution < -0.4 is 5.32 Å². The van der Waals surface area contributed by atoms with E-state index in [1.165, 1.54) is 5.57 Å². The van der Waals surface area contributed by atoms with E-state index < -0.39 is 58.8 Å². The van der Waals surface area contributed by atoms with Crippen LogP contribution in [0.4, 0.5) is 0 Å². The Morgan fingerprint density at radius 2 is 1.76 bits per heavy atom. The minimum atomic E-state index is -5.34. The normalized spacial score (nSPS) is 30.0. The predicted molar refractivity (Wildman–Crippen MR) is 116 cm³/mol. The molecular weight excluding hydrogens is 484 g/mol. The molecule has 0 aromatic heterocycles. The summed E-state index contributed by atoms with van der Waals surface area (Å²) in [7, 11) is -10.4. The van der Waals surface area contributed by atoms with Gasteiger partial charge in [-0.2, -0.15) is 4.31 Å². The maximum atomic E-state index is 12.3. The average Bonchev–Trinajstić information content (AvgIpc) is 2.65. The van der Waals surface area contributed by atoms with Crippen LogP contribution in [-0.2, 0) is 32.0 Å². The van der Waals surface area contributed by atoms with Gasteiger partial charge < -0.3 is 35.2 Å². The van der Waals surface area contributed by atoms with Crippen molar-refractivity contribution in [2.24, 2.45) is 5.92 Å². The van der Waals surface area contributed by atoms with Crippen LogP contribution in [0.3, 0.4) is 0 Å². The lowest BCUT2D eigenvalue weighted by atomic mass is 9.97. The van der Waals surface area contributed by atoms with Gasteiger partial charge in [-0.25, -0.2) is 9.13 Å². The molecule has 2 unspecified atom stereocenters. The van der Waals surface area contributed by atoms with Crippen LogP contribution in [0.15, 0.2) is 11.6 Å². The molecule has 0 saturated carbocycles. The third kappa shape index (κ3) is 11.1. The Bertz CT molecular complexity index is 759. The van der Waals surface area contributed by atoms with E-state index in [1.54, 1.807) is 0 Å². The molecule has 1 aliphatic heterocycles. The Morgan fingerprint density at radius 3 is 2.30 bits per heavy atom. The summed E-state index contributed by atoms with van der Waals surface area (Å²) in [6.45, 7) is 5.92. The minimum Gasteiger partial charge on any atom is -0.394 e. The second-order valence-electron chi connectivity index (χ2n) is 8.14. The SMILES string of the molecule is CC(=O)N[C@H]1[C@@H](OP(=O)(O)OP(=O)(O)OCC[C@H](C)CCC=C(C)C)O[C@H](CO)[C@@H](O)[C@@H]1O. The van der Waals surface area contributed by atoms with Gasteiger partial charge in [0.25, 0.3) is 0 Å². The zero-order chi connectivity index (χ0) is 25.4. The van der Waals surface area contributed by atoms with E-state index in [2.05, 4.69) is 15.7 Å². The van der Waals surface area contributed by atoms with Crippen LogP contribution in [0.2, 0.25) is 0 Å². The molecule has 0 aliphatic carbocycles. The van der Waals surface area contributed by atoms with Crippen molar-refractivity contribution >= 4 is 21.6 Å². The van der Waals surface area contributed by atoms with Gasteiger partial charge in [0.05, 0.1) is 13.2 Å². The van der Waals surface area contributed by atoms with Crippen molar-refractivity contribution in [2.75, 3.05) is 13.2 Å². The van der Waals surface area contributed by atoms with Crippen molar-refractivity contribution in [3.63, 3.8) is 0 Å². The topological polar surface area (TPSA) is 201 Å². The molecule has 33 heavy (non-hydrogen) atoms. The van der Waals surface area contributed by atoms with Gasteiger partial charge in [0, 0.05) is 6.92 Å². The average molecular weight is 519 g/mol. The molecule has 0 aromatic rings. The summed E-state index contributed by atoms with van der Waals surface area (Å²) in [4.78, 5) is 31.1. The number of rotatable bonds is 13. The summed E-state index contributed by atoms with van der Waals surface area (Å²) in [5, 5.41) is 31.5. The maximum absolute atomic E-state index is 12.3. The summed E-state index contributed by atoms with van der Waals surface area (Å²) < 4.78 is 43.3. The molecule has 0 spiro atoms. The Morgan fingerprint density at radius 1 is 1.12 bits per heavy atom. The molecule has 1 fully saturated rings. The third-order valence-corrected chi connectivity index (χ3v) is 7.41. The maximum Gasteiger partial charge on any atom is 0.483 e. The molecule has 0 bridgehead atoms. The molecule has 8 atom stereocenters. The fourth-order valence-corrected chi connectivity index (χ4v) is 5.20. The Kier molecular flexibility index (Phi) is 12.3. The molecule has 1 aliphatic rings. The van der Waals surface area contributed by atoms with Gasteiger partial charge in [-0.3, -0.25) is 13.8 Å². The van der Waals surface area contributed by atoms with Gasteiger partial charge in [-0.15, -0.1) is 0 Å². The second kappa shape index (κ2) is 13.4. The van der Waals surface area contributed by atoms with E-state index in [0.29, 0.717) is 6.42 Å². The smallest absolute Gasteiger partial charge is 0.394 e. The number of amides is 1. The second-order valence-corrected chi connectivity index (χ2v) is 11.1. The molecular formula is C18H35NO12P2. The van der Waals surface area contributed by atoms with Gasteiger partial charge in [0.1, 0.15) is 24.4 Å². The van der Waals surface area contributed by atoms with Gasteiger partial charge >= 0.3 is 15.6 Å². The number of aliphatic hydroxyl groups is 3. The van der Waals surface area contributed by atoms with Gasteiger partial charge in [0.2, 0.25) is 5.91 Å². The number of hydrogen-bond acceptors (Lipinski definition) is 10. The number of carbonyl (C=O) groups excluding carboxylic acids is 1. The molecule has 0 aromatic carbocycles. The van der Waals surface area contributed by atoms with Gasteiger partial charge in [-0.05, 0) is 39.0 Å². The first-order chi connectivity index (χ1) is 15.2. The molecule has 6 N–H and O–H groups in total. The van der Waals surface area contributed by atoms with E-state index in [4.69, 9.17) is 13.8 Å². The van der Waals surface area contributed by atoms with Crippen molar-refractivity contribution < 1.29 is 57.1 Å². The van der Waals surface area contributed by atoms with Crippen LogP contribution in [0, 0.1) is 5.92 Å². The molecule has 0 radical (unpaired) electrons. The highest BCUT2D eigenvalue weighted by molar-refractivity contribution is 7.61. The van der Waals surface area contributed by atoms with Crippen LogP contribution in [0.1, 0.15) is 47.0 Å². The third-order valence-electron chi connectivity index (χ3n) is 4.77. The fourth-order valence-electron chi connectivity index (χ4n) is 3.03. The lowest BCUT2D eigenvalue weighted by Crippen LogP contribution is -2.64. The Hall–Kier alpha value is -0.690. The van der Waals surface area contributed by atoms with Crippen LogP contribution in [0.5, 0.6) is 0 Å². The van der Waals surface area contributed by atoms with Gasteiger partial charge in [0.15, 0.2) is 6.29 Å². The predicted octanol–water partition coefficient (Wildman–Crippen LogP) is 0.953. The van der Waals surface area contributed by atoms with E-state index in [0.717, 1.165) is 19.8 Å². The minimum absolute atomic E-state index is 0.148. The summed E-state index contributed by atoms with van der Waals surface area (Å²) in [6, 6.07) is -1.55.